The Labute approximate surface area is 216 Å². The summed E-state index contributed by atoms with van der Waals surface area (Å²) in [4.78, 5) is 33.3. The van der Waals surface area contributed by atoms with Crippen molar-refractivity contribution in [1.82, 2.24) is 9.55 Å². The van der Waals surface area contributed by atoms with Crippen LogP contribution in [0.3, 0.4) is 0 Å². The lowest BCUT2D eigenvalue weighted by molar-refractivity contribution is -0.113. The summed E-state index contributed by atoms with van der Waals surface area (Å²) in [5.41, 5.74) is 2.57. The molecule has 0 bridgehead atoms. The minimum atomic E-state index is -0.376. The van der Waals surface area contributed by atoms with Gasteiger partial charge in [0.05, 0.1) is 23.4 Å². The molecule has 2 aromatic carbocycles. The molecule has 1 aliphatic carbocycles. The zero-order chi connectivity index (χ0) is 25.2. The molecule has 1 N–H and O–H groups in total. The summed E-state index contributed by atoms with van der Waals surface area (Å²) in [6, 6.07) is 11.9. The minimum Gasteiger partial charge on any atom is -0.494 e. The van der Waals surface area contributed by atoms with Gasteiger partial charge < -0.3 is 10.1 Å². The molecule has 6 nitrogen and oxygen atoms in total. The first-order valence-electron chi connectivity index (χ1n) is 11.9. The zero-order valence-electron chi connectivity index (χ0n) is 20.1. The first kappa shape index (κ1) is 24.5. The van der Waals surface area contributed by atoms with Crippen molar-refractivity contribution < 1.29 is 13.9 Å². The van der Waals surface area contributed by atoms with Crippen LogP contribution < -0.4 is 15.6 Å². The summed E-state index contributed by atoms with van der Waals surface area (Å²) in [7, 11) is 0. The largest absolute Gasteiger partial charge is 0.494 e. The first-order valence-corrected chi connectivity index (χ1v) is 13.7. The van der Waals surface area contributed by atoms with Crippen LogP contribution >= 0.6 is 23.1 Å². The second kappa shape index (κ2) is 10.4. The number of ether oxygens (including phenoxy) is 1. The number of nitrogens with zero attached hydrogens (tertiary/aromatic N) is 2. The number of carbonyl (C=O) groups excluding carboxylic acids is 1. The van der Waals surface area contributed by atoms with Gasteiger partial charge in [0.25, 0.3) is 5.56 Å². The number of hydrogen-bond acceptors (Lipinski definition) is 6. The Morgan fingerprint density at radius 3 is 2.72 bits per heavy atom. The van der Waals surface area contributed by atoms with Crippen molar-refractivity contribution in [2.75, 3.05) is 17.7 Å². The van der Waals surface area contributed by atoms with Gasteiger partial charge in [-0.05, 0) is 87.1 Å². The Morgan fingerprint density at radius 1 is 1.19 bits per heavy atom. The molecule has 0 aliphatic heterocycles. The van der Waals surface area contributed by atoms with Crippen LogP contribution in [0, 0.1) is 12.7 Å². The lowest BCUT2D eigenvalue weighted by Crippen LogP contribution is -2.23. The molecule has 4 aromatic rings. The number of amides is 1. The molecule has 5 rings (SSSR count). The summed E-state index contributed by atoms with van der Waals surface area (Å²) >= 11 is 2.77. The molecule has 9 heteroatoms. The fraction of sp³-hybridized carbons (Fsp3) is 0.296. The molecule has 0 spiro atoms. The summed E-state index contributed by atoms with van der Waals surface area (Å²) in [6.07, 6.45) is 4.04. The van der Waals surface area contributed by atoms with Gasteiger partial charge in [-0.3, -0.25) is 14.2 Å². The SMILES string of the molecule is CCOc1ccc(-n2c(SCC(=O)Nc3ccc(C)c(F)c3)nc3sc4c(c3c2=O)CCCC4)cc1. The lowest BCUT2D eigenvalue weighted by Gasteiger charge is -2.14. The smallest absolute Gasteiger partial charge is 0.267 e. The number of aryl methyl sites for hydroxylation is 3. The van der Waals surface area contributed by atoms with Crippen LogP contribution in [0.25, 0.3) is 15.9 Å². The van der Waals surface area contributed by atoms with Crippen LogP contribution in [0.2, 0.25) is 0 Å². The normalized spacial score (nSPS) is 13.0. The molecule has 0 saturated heterocycles. The molecule has 186 valence electrons. The van der Waals surface area contributed by atoms with E-state index < -0.39 is 0 Å². The maximum Gasteiger partial charge on any atom is 0.267 e. The van der Waals surface area contributed by atoms with E-state index in [1.807, 2.05) is 31.2 Å². The van der Waals surface area contributed by atoms with E-state index in [-0.39, 0.29) is 23.0 Å². The van der Waals surface area contributed by atoms with Crippen LogP contribution in [-0.2, 0) is 17.6 Å². The van der Waals surface area contributed by atoms with Crippen LogP contribution in [0.4, 0.5) is 10.1 Å². The average molecular weight is 524 g/mol. The molecule has 36 heavy (non-hydrogen) atoms. The molecule has 0 radical (unpaired) electrons. The zero-order valence-corrected chi connectivity index (χ0v) is 21.7. The van der Waals surface area contributed by atoms with Gasteiger partial charge in [0.2, 0.25) is 5.91 Å². The van der Waals surface area contributed by atoms with E-state index in [0.29, 0.717) is 34.1 Å². The average Bonchev–Trinajstić information content (AvgIpc) is 3.25. The monoisotopic (exact) mass is 523 g/mol. The molecular formula is C27H26FN3O3S2. The van der Waals surface area contributed by atoms with Gasteiger partial charge in [-0.15, -0.1) is 11.3 Å². The van der Waals surface area contributed by atoms with Crippen molar-refractivity contribution in [2.24, 2.45) is 0 Å². The lowest BCUT2D eigenvalue weighted by atomic mass is 9.97. The summed E-state index contributed by atoms with van der Waals surface area (Å²) < 4.78 is 21.0. The van der Waals surface area contributed by atoms with Gasteiger partial charge in [-0.25, -0.2) is 9.37 Å². The summed E-state index contributed by atoms with van der Waals surface area (Å²) in [5, 5.41) is 3.86. The topological polar surface area (TPSA) is 73.2 Å². The Bertz CT molecular complexity index is 1500. The predicted molar refractivity (Wildman–Crippen MR) is 144 cm³/mol. The number of anilines is 1. The number of thioether (sulfide) groups is 1. The number of aromatic nitrogens is 2. The van der Waals surface area contributed by atoms with E-state index in [1.165, 1.54) is 22.7 Å². The van der Waals surface area contributed by atoms with Gasteiger partial charge in [-0.1, -0.05) is 17.8 Å². The molecule has 1 amide bonds. The molecule has 0 atom stereocenters. The van der Waals surface area contributed by atoms with Crippen molar-refractivity contribution in [3.8, 4) is 11.4 Å². The summed E-state index contributed by atoms with van der Waals surface area (Å²) in [6.45, 7) is 4.14. The second-order valence-corrected chi connectivity index (χ2v) is 10.7. The Balaban J connectivity index is 1.50. The fourth-order valence-electron chi connectivity index (χ4n) is 4.37. The third-order valence-corrected chi connectivity index (χ3v) is 8.28. The van der Waals surface area contributed by atoms with E-state index in [1.54, 1.807) is 35.0 Å². The standard InChI is InChI=1S/C27H26FN3O3S2/c1-3-34-19-12-10-18(11-13-19)31-26(33)24-20-6-4-5-7-22(20)36-25(24)30-27(31)35-15-23(32)29-17-9-8-16(2)21(28)14-17/h8-14H,3-7,15H2,1-2H3,(H,29,32). The summed E-state index contributed by atoms with van der Waals surface area (Å²) in [5.74, 6) is 0.0605. The number of fused-ring (bicyclic) bond motifs is 3. The van der Waals surface area contributed by atoms with Gasteiger partial charge >= 0.3 is 0 Å². The third-order valence-electron chi connectivity index (χ3n) is 6.15. The number of halogens is 1. The van der Waals surface area contributed by atoms with Gasteiger partial charge in [0.1, 0.15) is 16.4 Å². The third kappa shape index (κ3) is 4.90. The maximum atomic E-state index is 13.9. The number of hydrogen-bond donors (Lipinski definition) is 1. The Morgan fingerprint density at radius 2 is 1.97 bits per heavy atom. The van der Waals surface area contributed by atoms with Crippen molar-refractivity contribution >= 4 is 44.9 Å². The van der Waals surface area contributed by atoms with Crippen molar-refractivity contribution in [2.45, 2.75) is 44.7 Å². The van der Waals surface area contributed by atoms with Crippen molar-refractivity contribution in [3.05, 3.63) is 74.6 Å². The maximum absolute atomic E-state index is 13.9. The highest BCUT2D eigenvalue weighted by atomic mass is 32.2. The van der Waals surface area contributed by atoms with Crippen molar-refractivity contribution in [3.63, 3.8) is 0 Å². The van der Waals surface area contributed by atoms with E-state index in [9.17, 15) is 14.0 Å². The van der Waals surface area contributed by atoms with Gasteiger partial charge in [-0.2, -0.15) is 0 Å². The molecule has 2 aromatic heterocycles. The first-order chi connectivity index (χ1) is 17.4. The molecule has 1 aliphatic rings. The predicted octanol–water partition coefficient (Wildman–Crippen LogP) is 5.90. The highest BCUT2D eigenvalue weighted by molar-refractivity contribution is 7.99. The molecule has 0 fully saturated rings. The second-order valence-electron chi connectivity index (χ2n) is 8.65. The highest BCUT2D eigenvalue weighted by Gasteiger charge is 2.23. The number of nitrogens with one attached hydrogen (secondary N) is 1. The molecular weight excluding hydrogens is 497 g/mol. The van der Waals surface area contributed by atoms with Crippen LogP contribution in [0.5, 0.6) is 5.75 Å². The fourth-order valence-corrected chi connectivity index (χ4v) is 6.48. The van der Waals surface area contributed by atoms with E-state index in [4.69, 9.17) is 9.72 Å². The molecule has 0 saturated carbocycles. The minimum absolute atomic E-state index is 0.0234. The number of carbonyl (C=O) groups is 1. The Hall–Kier alpha value is -3.17. The van der Waals surface area contributed by atoms with E-state index in [0.717, 1.165) is 41.8 Å². The number of benzene rings is 2. The highest BCUT2D eigenvalue weighted by Crippen LogP contribution is 2.35. The van der Waals surface area contributed by atoms with Gasteiger partial charge in [0, 0.05) is 10.6 Å². The molecule has 0 unspecified atom stereocenters. The molecule has 2 heterocycles. The number of thiophene rings is 1. The van der Waals surface area contributed by atoms with Crippen molar-refractivity contribution in [1.29, 1.82) is 0 Å². The van der Waals surface area contributed by atoms with E-state index >= 15 is 0 Å². The van der Waals surface area contributed by atoms with Crippen LogP contribution in [-0.4, -0.2) is 27.8 Å². The quantitative estimate of drug-likeness (QED) is 0.241. The Kier molecular flexibility index (Phi) is 7.11. The van der Waals surface area contributed by atoms with E-state index in [2.05, 4.69) is 5.32 Å². The van der Waals surface area contributed by atoms with Gasteiger partial charge in [0.15, 0.2) is 5.16 Å². The van der Waals surface area contributed by atoms with Crippen LogP contribution in [0.1, 0.15) is 35.8 Å². The van der Waals surface area contributed by atoms with Crippen LogP contribution in [0.15, 0.2) is 52.4 Å². The number of rotatable bonds is 7.